The molecule has 0 spiro atoms. The van der Waals surface area contributed by atoms with E-state index >= 15 is 0 Å². The van der Waals surface area contributed by atoms with Crippen LogP contribution in [0, 0.1) is 12.8 Å². The molecule has 6 nitrogen and oxygen atoms in total. The molecular weight excluding hydrogens is 324 g/mol. The van der Waals surface area contributed by atoms with Gasteiger partial charge in [-0.25, -0.2) is 5.43 Å². The highest BCUT2D eigenvalue weighted by atomic mass is 15.4. The maximum Gasteiger partial charge on any atom is 0.151 e. The molecule has 3 unspecified atom stereocenters. The second-order valence-electron chi connectivity index (χ2n) is 7.40. The van der Waals surface area contributed by atoms with Gasteiger partial charge in [-0.2, -0.15) is 5.10 Å². The molecule has 3 atom stereocenters. The topological polar surface area (TPSA) is 65.1 Å². The van der Waals surface area contributed by atoms with Gasteiger partial charge in [0.05, 0.1) is 11.7 Å². The Bertz CT molecular complexity index is 689. The Morgan fingerprint density at radius 1 is 1.15 bits per heavy atom. The first kappa shape index (κ1) is 17.4. The number of piperidine rings is 1. The van der Waals surface area contributed by atoms with E-state index in [9.17, 15) is 0 Å². The monoisotopic (exact) mass is 352 g/mol. The van der Waals surface area contributed by atoms with Crippen LogP contribution in [-0.2, 0) is 0 Å². The van der Waals surface area contributed by atoms with Crippen LogP contribution in [0.3, 0.4) is 0 Å². The van der Waals surface area contributed by atoms with Crippen molar-refractivity contribution in [2.24, 2.45) is 5.92 Å². The second kappa shape index (κ2) is 8.12. The van der Waals surface area contributed by atoms with Crippen molar-refractivity contribution in [1.29, 1.82) is 0 Å². The van der Waals surface area contributed by atoms with Crippen LogP contribution in [0.15, 0.2) is 42.5 Å². The number of rotatable bonds is 5. The molecule has 2 saturated heterocycles. The summed E-state index contributed by atoms with van der Waals surface area (Å²) in [6.45, 7) is 6.05. The van der Waals surface area contributed by atoms with Gasteiger partial charge in [0.2, 0.25) is 0 Å². The predicted molar refractivity (Wildman–Crippen MR) is 104 cm³/mol. The molecule has 6 heteroatoms. The van der Waals surface area contributed by atoms with Gasteiger partial charge < -0.3 is 10.2 Å². The Morgan fingerprint density at radius 2 is 2.04 bits per heavy atom. The fourth-order valence-corrected chi connectivity index (χ4v) is 3.97. The summed E-state index contributed by atoms with van der Waals surface area (Å²) in [4.78, 5) is 2.35. The minimum absolute atomic E-state index is 0.367. The lowest BCUT2D eigenvalue weighted by Crippen LogP contribution is -2.47. The molecule has 2 fully saturated rings. The number of nitrogens with one attached hydrogen (secondary N) is 3. The van der Waals surface area contributed by atoms with E-state index in [1.54, 1.807) is 0 Å². The summed E-state index contributed by atoms with van der Waals surface area (Å²) in [6, 6.07) is 15.7. The Morgan fingerprint density at radius 3 is 2.85 bits per heavy atom. The summed E-state index contributed by atoms with van der Waals surface area (Å²) in [5.74, 6) is 1.54. The number of nitrogens with zero attached hydrogens (tertiary/aromatic N) is 3. The van der Waals surface area contributed by atoms with Crippen LogP contribution < -0.4 is 21.1 Å². The molecule has 2 aliphatic heterocycles. The van der Waals surface area contributed by atoms with Crippen LogP contribution in [0.25, 0.3) is 0 Å². The lowest BCUT2D eigenvalue weighted by Gasteiger charge is -2.34. The van der Waals surface area contributed by atoms with Crippen molar-refractivity contribution in [3.63, 3.8) is 0 Å². The highest BCUT2D eigenvalue weighted by molar-refractivity contribution is 5.38. The van der Waals surface area contributed by atoms with Crippen molar-refractivity contribution >= 4 is 5.82 Å². The average Bonchev–Trinajstić information content (AvgIpc) is 3.16. The van der Waals surface area contributed by atoms with Gasteiger partial charge in [-0.3, -0.25) is 5.43 Å². The van der Waals surface area contributed by atoms with E-state index in [1.165, 1.54) is 18.4 Å². The van der Waals surface area contributed by atoms with Gasteiger partial charge in [0, 0.05) is 38.1 Å². The largest absolute Gasteiger partial charge is 0.354 e. The van der Waals surface area contributed by atoms with E-state index < -0.39 is 0 Å². The normalized spacial score (nSPS) is 26.2. The van der Waals surface area contributed by atoms with Crippen molar-refractivity contribution in [2.75, 3.05) is 31.1 Å². The zero-order valence-electron chi connectivity index (χ0n) is 15.4. The van der Waals surface area contributed by atoms with Crippen LogP contribution in [0.1, 0.15) is 30.1 Å². The third-order valence-corrected chi connectivity index (χ3v) is 5.45. The Kier molecular flexibility index (Phi) is 5.43. The molecule has 4 rings (SSSR count). The molecule has 0 saturated carbocycles. The molecule has 26 heavy (non-hydrogen) atoms. The summed E-state index contributed by atoms with van der Waals surface area (Å²) >= 11 is 0. The fourth-order valence-electron chi connectivity index (χ4n) is 3.97. The van der Waals surface area contributed by atoms with Gasteiger partial charge in [-0.15, -0.1) is 5.10 Å². The van der Waals surface area contributed by atoms with Gasteiger partial charge in [0.1, 0.15) is 0 Å². The smallest absolute Gasteiger partial charge is 0.151 e. The number of hydrogen-bond acceptors (Lipinski definition) is 6. The molecule has 0 bridgehead atoms. The van der Waals surface area contributed by atoms with E-state index in [0.717, 1.165) is 37.7 Å². The Balaban J connectivity index is 1.33. The standard InChI is InChI=1S/C20H28N6/c1-15-9-10-19(24-23-15)26-11-5-8-18(14-26)21-12-17-13-22-25-20(17)16-6-3-2-4-7-16/h2-4,6-7,9-10,17-18,20-22,25H,5,8,11-14H2,1H3. The summed E-state index contributed by atoms with van der Waals surface area (Å²) in [6.07, 6.45) is 2.41. The molecular formula is C20H28N6. The number of hydrazine groups is 1. The zero-order valence-corrected chi connectivity index (χ0v) is 15.4. The van der Waals surface area contributed by atoms with E-state index in [0.29, 0.717) is 18.0 Å². The zero-order chi connectivity index (χ0) is 17.8. The lowest BCUT2D eigenvalue weighted by molar-refractivity contribution is 0.369. The minimum Gasteiger partial charge on any atom is -0.354 e. The SMILES string of the molecule is Cc1ccc(N2CCCC(NCC3CNNC3c3ccccc3)C2)nn1. The first-order chi connectivity index (χ1) is 12.8. The quantitative estimate of drug-likeness (QED) is 0.763. The average molecular weight is 352 g/mol. The van der Waals surface area contributed by atoms with Crippen LogP contribution >= 0.6 is 0 Å². The third-order valence-electron chi connectivity index (χ3n) is 5.45. The molecule has 138 valence electrons. The number of anilines is 1. The summed E-state index contributed by atoms with van der Waals surface area (Å²) < 4.78 is 0. The lowest BCUT2D eigenvalue weighted by atomic mass is 9.94. The molecule has 3 heterocycles. The van der Waals surface area contributed by atoms with Crippen LogP contribution in [-0.4, -0.2) is 42.4 Å². The first-order valence-electron chi connectivity index (χ1n) is 9.61. The van der Waals surface area contributed by atoms with Crippen molar-refractivity contribution in [3.8, 4) is 0 Å². The third kappa shape index (κ3) is 4.03. The van der Waals surface area contributed by atoms with Gasteiger partial charge in [0.25, 0.3) is 0 Å². The maximum absolute atomic E-state index is 4.35. The van der Waals surface area contributed by atoms with Crippen molar-refractivity contribution in [3.05, 3.63) is 53.7 Å². The van der Waals surface area contributed by atoms with Gasteiger partial charge in [0.15, 0.2) is 5.82 Å². The first-order valence-corrected chi connectivity index (χ1v) is 9.61. The number of aromatic nitrogens is 2. The molecule has 3 N–H and O–H groups in total. The predicted octanol–water partition coefficient (Wildman–Crippen LogP) is 1.81. The number of hydrogen-bond donors (Lipinski definition) is 3. The maximum atomic E-state index is 4.35. The van der Waals surface area contributed by atoms with Crippen LogP contribution in [0.2, 0.25) is 0 Å². The van der Waals surface area contributed by atoms with Gasteiger partial charge >= 0.3 is 0 Å². The van der Waals surface area contributed by atoms with Gasteiger partial charge in [-0.05, 0) is 37.5 Å². The van der Waals surface area contributed by atoms with E-state index in [4.69, 9.17) is 0 Å². The molecule has 1 aromatic carbocycles. The Hall–Kier alpha value is -2.02. The van der Waals surface area contributed by atoms with Crippen molar-refractivity contribution in [2.45, 2.75) is 31.8 Å². The fraction of sp³-hybridized carbons (Fsp3) is 0.500. The van der Waals surface area contributed by atoms with Gasteiger partial charge in [-0.1, -0.05) is 30.3 Å². The summed E-state index contributed by atoms with van der Waals surface area (Å²) in [5, 5.41) is 12.4. The van der Waals surface area contributed by atoms with Crippen LogP contribution in [0.5, 0.6) is 0 Å². The highest BCUT2D eigenvalue weighted by Crippen LogP contribution is 2.24. The molecule has 1 aromatic heterocycles. The highest BCUT2D eigenvalue weighted by Gasteiger charge is 2.29. The second-order valence-corrected chi connectivity index (χ2v) is 7.40. The molecule has 2 aliphatic rings. The van der Waals surface area contributed by atoms with E-state index in [1.807, 2.05) is 13.0 Å². The molecule has 0 amide bonds. The van der Waals surface area contributed by atoms with Crippen LogP contribution in [0.4, 0.5) is 5.82 Å². The molecule has 0 radical (unpaired) electrons. The number of aryl methyl sites for hydroxylation is 1. The van der Waals surface area contributed by atoms with Crippen molar-refractivity contribution < 1.29 is 0 Å². The number of benzene rings is 1. The van der Waals surface area contributed by atoms with E-state index in [2.05, 4.69) is 67.7 Å². The minimum atomic E-state index is 0.367. The summed E-state index contributed by atoms with van der Waals surface area (Å²) in [7, 11) is 0. The molecule has 2 aromatic rings. The Labute approximate surface area is 155 Å². The molecule has 0 aliphatic carbocycles. The van der Waals surface area contributed by atoms with Crippen molar-refractivity contribution in [1.82, 2.24) is 26.4 Å². The van der Waals surface area contributed by atoms with E-state index in [-0.39, 0.29) is 0 Å². The summed E-state index contributed by atoms with van der Waals surface area (Å²) in [5.41, 5.74) is 9.08.